The summed E-state index contributed by atoms with van der Waals surface area (Å²) < 4.78 is 40.3. The summed E-state index contributed by atoms with van der Waals surface area (Å²) in [6.07, 6.45) is 2.47. The lowest BCUT2D eigenvalue weighted by Gasteiger charge is -2.13. The van der Waals surface area contributed by atoms with Crippen molar-refractivity contribution in [2.24, 2.45) is 5.92 Å². The number of ether oxygens (including phenoxy) is 2. The average Bonchev–Trinajstić information content (AvgIpc) is 3.33. The highest BCUT2D eigenvalue weighted by Gasteiger charge is 2.18. The lowest BCUT2D eigenvalue weighted by Crippen LogP contribution is -2.13. The van der Waals surface area contributed by atoms with Crippen LogP contribution < -0.4 is 10.1 Å². The molecule has 0 aliphatic heterocycles. The number of aliphatic carboxylic acids is 1. The van der Waals surface area contributed by atoms with Gasteiger partial charge in [0.25, 0.3) is 5.91 Å². The molecule has 2 N–H and O–H groups in total. The number of amides is 1. The molecule has 7 nitrogen and oxygen atoms in total. The Labute approximate surface area is 224 Å². The van der Waals surface area contributed by atoms with Crippen LogP contribution in [0, 0.1) is 17.6 Å². The van der Waals surface area contributed by atoms with Crippen LogP contribution in [0.1, 0.15) is 48.7 Å². The number of nitrogens with one attached hydrogen (secondary N) is 1. The zero-order chi connectivity index (χ0) is 27.8. The van der Waals surface area contributed by atoms with Gasteiger partial charge in [0, 0.05) is 40.9 Å². The fourth-order valence-corrected chi connectivity index (χ4v) is 4.37. The number of aryl methyl sites for hydroxylation is 1. The Morgan fingerprint density at radius 3 is 2.55 bits per heavy atom. The molecule has 3 rings (SSSR count). The Kier molecular flexibility index (Phi) is 10.1. The average molecular weight is 545 g/mol. The van der Waals surface area contributed by atoms with E-state index < -0.39 is 29.1 Å². The maximum atomic E-state index is 14.5. The van der Waals surface area contributed by atoms with Gasteiger partial charge in [-0.2, -0.15) is 0 Å². The van der Waals surface area contributed by atoms with Crippen LogP contribution in [-0.4, -0.2) is 42.3 Å². The SMILES string of the molecule is COc1c(CCCOCC(C)C)cccc1-c1csc(NC(=O)c2cc(F)c(/C=C(\C)C(=O)O)c(F)c2)n1. The number of thiazole rings is 1. The van der Waals surface area contributed by atoms with Gasteiger partial charge in [-0.3, -0.25) is 10.1 Å². The number of anilines is 1. The number of hydrogen-bond acceptors (Lipinski definition) is 6. The van der Waals surface area contributed by atoms with E-state index in [-0.39, 0.29) is 16.3 Å². The zero-order valence-electron chi connectivity index (χ0n) is 21.6. The molecule has 0 bridgehead atoms. The summed E-state index contributed by atoms with van der Waals surface area (Å²) in [6.45, 7) is 6.79. The first-order chi connectivity index (χ1) is 18.1. The van der Waals surface area contributed by atoms with Crippen molar-refractivity contribution in [2.45, 2.75) is 33.6 Å². The monoisotopic (exact) mass is 544 g/mol. The third-order valence-corrected chi connectivity index (χ3v) is 6.28. The predicted molar refractivity (Wildman–Crippen MR) is 144 cm³/mol. The smallest absolute Gasteiger partial charge is 0.331 e. The van der Waals surface area contributed by atoms with Gasteiger partial charge < -0.3 is 14.6 Å². The summed E-state index contributed by atoms with van der Waals surface area (Å²) in [5.74, 6) is -2.99. The molecule has 1 heterocycles. The highest BCUT2D eigenvalue weighted by molar-refractivity contribution is 7.14. The normalized spacial score (nSPS) is 11.6. The van der Waals surface area contributed by atoms with E-state index in [4.69, 9.17) is 14.6 Å². The zero-order valence-corrected chi connectivity index (χ0v) is 22.5. The number of carbonyl (C=O) groups is 2. The summed E-state index contributed by atoms with van der Waals surface area (Å²) in [4.78, 5) is 28.1. The predicted octanol–water partition coefficient (Wildman–Crippen LogP) is 6.44. The van der Waals surface area contributed by atoms with Crippen LogP contribution in [0.5, 0.6) is 5.75 Å². The van der Waals surface area contributed by atoms with Crippen molar-refractivity contribution in [3.8, 4) is 17.0 Å². The van der Waals surface area contributed by atoms with E-state index in [9.17, 15) is 18.4 Å². The van der Waals surface area contributed by atoms with Crippen molar-refractivity contribution in [1.82, 2.24) is 4.98 Å². The minimum atomic E-state index is -1.30. The van der Waals surface area contributed by atoms with E-state index in [1.165, 1.54) is 6.92 Å². The third-order valence-electron chi connectivity index (χ3n) is 5.53. The van der Waals surface area contributed by atoms with Gasteiger partial charge in [-0.1, -0.05) is 26.0 Å². The maximum Gasteiger partial charge on any atom is 0.331 e. The number of methoxy groups -OCH3 is 1. The van der Waals surface area contributed by atoms with E-state index in [2.05, 4.69) is 24.1 Å². The first-order valence-corrected chi connectivity index (χ1v) is 12.9. The van der Waals surface area contributed by atoms with Gasteiger partial charge in [0.2, 0.25) is 0 Å². The van der Waals surface area contributed by atoms with Crippen LogP contribution >= 0.6 is 11.3 Å². The van der Waals surface area contributed by atoms with E-state index in [1.807, 2.05) is 18.2 Å². The van der Waals surface area contributed by atoms with Crippen molar-refractivity contribution in [3.63, 3.8) is 0 Å². The first kappa shape index (κ1) is 28.9. The van der Waals surface area contributed by atoms with Crippen LogP contribution in [0.25, 0.3) is 17.3 Å². The second-order valence-corrected chi connectivity index (χ2v) is 9.91. The molecule has 38 heavy (non-hydrogen) atoms. The molecule has 0 saturated carbocycles. The Morgan fingerprint density at radius 2 is 1.92 bits per heavy atom. The highest BCUT2D eigenvalue weighted by Crippen LogP contribution is 2.35. The number of para-hydroxylation sites is 1. The molecular formula is C28H30F2N2O5S. The van der Waals surface area contributed by atoms with Gasteiger partial charge in [-0.05, 0) is 55.5 Å². The second kappa shape index (κ2) is 13.3. The van der Waals surface area contributed by atoms with Gasteiger partial charge in [-0.25, -0.2) is 18.6 Å². The van der Waals surface area contributed by atoms with Gasteiger partial charge in [0.1, 0.15) is 17.4 Å². The van der Waals surface area contributed by atoms with Crippen molar-refractivity contribution in [1.29, 1.82) is 0 Å². The molecule has 2 aromatic carbocycles. The highest BCUT2D eigenvalue weighted by atomic mass is 32.1. The molecule has 0 radical (unpaired) electrons. The quantitative estimate of drug-likeness (QED) is 0.201. The van der Waals surface area contributed by atoms with Gasteiger partial charge in [-0.15, -0.1) is 11.3 Å². The number of hydrogen-bond donors (Lipinski definition) is 2. The third kappa shape index (κ3) is 7.45. The summed E-state index contributed by atoms with van der Waals surface area (Å²) in [7, 11) is 1.59. The van der Waals surface area contributed by atoms with E-state index in [0.29, 0.717) is 24.0 Å². The van der Waals surface area contributed by atoms with Crippen molar-refractivity contribution < 1.29 is 33.0 Å². The molecule has 10 heteroatoms. The van der Waals surface area contributed by atoms with Gasteiger partial charge in [0.05, 0.1) is 12.8 Å². The minimum Gasteiger partial charge on any atom is -0.496 e. The molecular weight excluding hydrogens is 514 g/mol. The summed E-state index contributed by atoms with van der Waals surface area (Å²) in [5, 5.41) is 13.5. The fourth-order valence-electron chi connectivity index (χ4n) is 3.66. The minimum absolute atomic E-state index is 0.241. The van der Waals surface area contributed by atoms with Gasteiger partial charge in [0.15, 0.2) is 5.13 Å². The number of rotatable bonds is 12. The number of carboxylic acids is 1. The number of benzene rings is 2. The van der Waals surface area contributed by atoms with E-state index >= 15 is 0 Å². The van der Waals surface area contributed by atoms with Crippen molar-refractivity contribution in [3.05, 3.63) is 69.6 Å². The van der Waals surface area contributed by atoms with Crippen LogP contribution in [0.4, 0.5) is 13.9 Å². The van der Waals surface area contributed by atoms with Crippen LogP contribution in [0.3, 0.4) is 0 Å². The number of halogens is 2. The molecule has 0 spiro atoms. The topological polar surface area (TPSA) is 97.8 Å². The van der Waals surface area contributed by atoms with E-state index in [1.54, 1.807) is 12.5 Å². The Bertz CT molecular complexity index is 1310. The number of aromatic nitrogens is 1. The lowest BCUT2D eigenvalue weighted by molar-refractivity contribution is -0.132. The number of carboxylic acid groups (broad SMARTS) is 1. The first-order valence-electron chi connectivity index (χ1n) is 12.0. The molecule has 1 amide bonds. The molecule has 0 aliphatic rings. The molecule has 0 unspecified atom stereocenters. The number of nitrogens with zero attached hydrogens (tertiary/aromatic N) is 1. The van der Waals surface area contributed by atoms with Crippen molar-refractivity contribution >= 4 is 34.4 Å². The molecule has 3 aromatic rings. The fraction of sp³-hybridized carbons (Fsp3) is 0.321. The summed E-state index contributed by atoms with van der Waals surface area (Å²) in [5.41, 5.74) is 1.32. The summed E-state index contributed by atoms with van der Waals surface area (Å²) >= 11 is 1.16. The van der Waals surface area contributed by atoms with Crippen LogP contribution in [0.2, 0.25) is 0 Å². The molecule has 1 aromatic heterocycles. The molecule has 0 aliphatic carbocycles. The van der Waals surface area contributed by atoms with Gasteiger partial charge >= 0.3 is 5.97 Å². The molecule has 0 atom stereocenters. The largest absolute Gasteiger partial charge is 0.496 e. The van der Waals surface area contributed by atoms with Crippen molar-refractivity contribution in [2.75, 3.05) is 25.6 Å². The lowest BCUT2D eigenvalue weighted by atomic mass is 10.0. The van der Waals surface area contributed by atoms with Crippen LogP contribution in [-0.2, 0) is 16.0 Å². The Hall–Kier alpha value is -3.63. The Morgan fingerprint density at radius 1 is 1.21 bits per heavy atom. The number of carbonyl (C=O) groups excluding carboxylic acids is 1. The van der Waals surface area contributed by atoms with Crippen LogP contribution in [0.15, 0.2) is 41.3 Å². The summed E-state index contributed by atoms with van der Waals surface area (Å²) in [6, 6.07) is 7.47. The molecule has 202 valence electrons. The molecule has 0 fully saturated rings. The molecule has 0 saturated heterocycles. The maximum absolute atomic E-state index is 14.5. The second-order valence-electron chi connectivity index (χ2n) is 9.05. The van der Waals surface area contributed by atoms with E-state index in [0.717, 1.165) is 60.1 Å². The standard InChI is InChI=1S/C28H30F2N2O5S/c1-16(2)14-37-10-6-8-18-7-5-9-20(25(18)36-4)24-15-38-28(31-24)32-26(33)19-12-22(29)21(23(30)13-19)11-17(3)27(34)35/h5,7,9,11-13,15-16H,6,8,10,14H2,1-4H3,(H,34,35)(H,31,32,33)/b17-11+. The Balaban J connectivity index is 1.74.